The van der Waals surface area contributed by atoms with E-state index in [2.05, 4.69) is 21.4 Å². The summed E-state index contributed by atoms with van der Waals surface area (Å²) in [7, 11) is 0. The van der Waals surface area contributed by atoms with E-state index in [1.807, 2.05) is 6.07 Å². The van der Waals surface area contributed by atoms with Crippen LogP contribution in [0, 0.1) is 0 Å². The average molecular weight is 338 g/mol. The van der Waals surface area contributed by atoms with E-state index in [-0.39, 0.29) is 11.8 Å². The fraction of sp³-hybridized carbons (Fsp3) is 0.500. The summed E-state index contributed by atoms with van der Waals surface area (Å²) >= 11 is 7.55. The van der Waals surface area contributed by atoms with Crippen LogP contribution in [0.2, 0.25) is 4.34 Å². The van der Waals surface area contributed by atoms with Crippen molar-refractivity contribution in [1.82, 2.24) is 15.3 Å². The molecule has 6 heteroatoms. The molecule has 1 aliphatic carbocycles. The van der Waals surface area contributed by atoms with Crippen LogP contribution in [0.25, 0.3) is 0 Å². The van der Waals surface area contributed by atoms with Gasteiger partial charge >= 0.3 is 0 Å². The van der Waals surface area contributed by atoms with Crippen LogP contribution in [0.5, 0.6) is 0 Å². The number of hydrogen-bond donors (Lipinski definition) is 2. The second kappa shape index (κ2) is 7.29. The van der Waals surface area contributed by atoms with Gasteiger partial charge in [0.1, 0.15) is 0 Å². The van der Waals surface area contributed by atoms with Crippen LogP contribution < -0.4 is 5.32 Å². The molecule has 0 aromatic carbocycles. The molecule has 0 fully saturated rings. The lowest BCUT2D eigenvalue weighted by Gasteiger charge is -2.20. The number of unbranched alkanes of at least 4 members (excludes halogenated alkanes) is 1. The molecule has 0 unspecified atom stereocenters. The maximum absolute atomic E-state index is 12.3. The number of aromatic amines is 1. The Labute approximate surface area is 139 Å². The van der Waals surface area contributed by atoms with Crippen molar-refractivity contribution in [2.45, 2.75) is 44.4 Å². The van der Waals surface area contributed by atoms with Crippen LogP contribution in [0.4, 0.5) is 0 Å². The van der Waals surface area contributed by atoms with Crippen molar-refractivity contribution in [3.63, 3.8) is 0 Å². The zero-order valence-electron chi connectivity index (χ0n) is 12.4. The second-order valence-corrected chi connectivity index (χ2v) is 7.46. The van der Waals surface area contributed by atoms with Crippen LogP contribution in [-0.2, 0) is 17.6 Å². The summed E-state index contributed by atoms with van der Waals surface area (Å²) in [5.41, 5.74) is 2.07. The highest BCUT2D eigenvalue weighted by molar-refractivity contribution is 7.16. The molecule has 0 bridgehead atoms. The minimum Gasteiger partial charge on any atom is -0.356 e. The number of nitrogens with zero attached hydrogens (tertiary/aromatic N) is 1. The lowest BCUT2D eigenvalue weighted by molar-refractivity contribution is -0.122. The quantitative estimate of drug-likeness (QED) is 0.790. The summed E-state index contributed by atoms with van der Waals surface area (Å²) in [6.45, 7) is 0.730. The van der Waals surface area contributed by atoms with Gasteiger partial charge in [0.15, 0.2) is 0 Å². The zero-order chi connectivity index (χ0) is 15.4. The Morgan fingerprint density at radius 3 is 3.18 bits per heavy atom. The number of H-pyrrole nitrogens is 1. The first-order valence-electron chi connectivity index (χ1n) is 7.78. The number of carbonyl (C=O) groups excluding carboxylic acids is 1. The number of nitrogens with one attached hydrogen (secondary N) is 2. The molecule has 2 aromatic rings. The summed E-state index contributed by atoms with van der Waals surface area (Å²) in [4.78, 5) is 21.1. The monoisotopic (exact) mass is 337 g/mol. The first-order valence-corrected chi connectivity index (χ1v) is 8.97. The van der Waals surface area contributed by atoms with Gasteiger partial charge in [-0.25, -0.2) is 4.98 Å². The number of carbonyl (C=O) groups is 1. The maximum Gasteiger partial charge on any atom is 0.229 e. The smallest absolute Gasteiger partial charge is 0.229 e. The molecular weight excluding hydrogens is 318 g/mol. The Kier molecular flexibility index (Phi) is 5.16. The van der Waals surface area contributed by atoms with Crippen molar-refractivity contribution >= 4 is 28.8 Å². The number of hydrogen-bond acceptors (Lipinski definition) is 3. The molecule has 22 heavy (non-hydrogen) atoms. The molecule has 0 saturated carbocycles. The zero-order valence-corrected chi connectivity index (χ0v) is 14.0. The summed E-state index contributed by atoms with van der Waals surface area (Å²) in [6.07, 6.45) is 7.73. The molecule has 2 aromatic heterocycles. The van der Waals surface area contributed by atoms with Crippen molar-refractivity contribution in [2.75, 3.05) is 6.54 Å². The van der Waals surface area contributed by atoms with Crippen molar-refractivity contribution in [2.24, 2.45) is 0 Å². The van der Waals surface area contributed by atoms with E-state index < -0.39 is 0 Å². The summed E-state index contributed by atoms with van der Waals surface area (Å²) in [5, 5.41) is 3.06. The number of aryl methyl sites for hydroxylation is 2. The number of halogens is 1. The molecule has 118 valence electrons. The predicted octanol–water partition coefficient (Wildman–Crippen LogP) is 3.68. The number of aromatic nitrogens is 2. The largest absolute Gasteiger partial charge is 0.356 e. The van der Waals surface area contributed by atoms with E-state index in [4.69, 9.17) is 11.6 Å². The maximum atomic E-state index is 12.3. The number of amides is 1. The molecule has 3 rings (SSSR count). The Morgan fingerprint density at radius 2 is 2.36 bits per heavy atom. The summed E-state index contributed by atoms with van der Waals surface area (Å²) in [6, 6.07) is 4.01. The van der Waals surface area contributed by atoms with Crippen LogP contribution >= 0.6 is 22.9 Å². The Balaban J connectivity index is 1.40. The molecule has 0 aliphatic heterocycles. The van der Waals surface area contributed by atoms with E-state index in [0.29, 0.717) is 0 Å². The number of imidazole rings is 1. The molecule has 0 spiro atoms. The number of fused-ring (bicyclic) bond motifs is 1. The Morgan fingerprint density at radius 1 is 1.45 bits per heavy atom. The molecule has 1 atom stereocenters. The molecule has 2 heterocycles. The molecule has 4 nitrogen and oxygen atoms in total. The van der Waals surface area contributed by atoms with Gasteiger partial charge in [-0.15, -0.1) is 11.3 Å². The molecule has 2 N–H and O–H groups in total. The van der Waals surface area contributed by atoms with E-state index in [1.54, 1.807) is 17.7 Å². The highest BCUT2D eigenvalue weighted by Crippen LogP contribution is 2.29. The fourth-order valence-electron chi connectivity index (χ4n) is 2.95. The second-order valence-electron chi connectivity index (χ2n) is 5.67. The van der Waals surface area contributed by atoms with Gasteiger partial charge in [0.05, 0.1) is 22.3 Å². The van der Waals surface area contributed by atoms with Gasteiger partial charge in [-0.2, -0.15) is 0 Å². The van der Waals surface area contributed by atoms with Crippen LogP contribution in [-0.4, -0.2) is 22.4 Å². The minimum atomic E-state index is -0.0777. The topological polar surface area (TPSA) is 57.8 Å². The van der Waals surface area contributed by atoms with Gasteiger partial charge in [0.2, 0.25) is 5.91 Å². The van der Waals surface area contributed by atoms with E-state index in [0.717, 1.165) is 60.8 Å². The minimum absolute atomic E-state index is 0.0777. The van der Waals surface area contributed by atoms with Crippen molar-refractivity contribution in [1.29, 1.82) is 0 Å². The predicted molar refractivity (Wildman–Crippen MR) is 89.5 cm³/mol. The number of thiophene rings is 1. The van der Waals surface area contributed by atoms with Crippen molar-refractivity contribution in [3.8, 4) is 0 Å². The van der Waals surface area contributed by atoms with E-state index in [1.165, 1.54) is 4.88 Å². The fourth-order valence-corrected chi connectivity index (χ4v) is 4.08. The average Bonchev–Trinajstić information content (AvgIpc) is 3.15. The molecule has 0 saturated heterocycles. The third kappa shape index (κ3) is 3.70. The highest BCUT2D eigenvalue weighted by atomic mass is 35.5. The van der Waals surface area contributed by atoms with Gasteiger partial charge in [0.25, 0.3) is 0 Å². The lowest BCUT2D eigenvalue weighted by Crippen LogP contribution is -2.32. The molecular formula is C16H20ClN3OS. The van der Waals surface area contributed by atoms with Gasteiger partial charge in [-0.3, -0.25) is 4.79 Å². The summed E-state index contributed by atoms with van der Waals surface area (Å²) < 4.78 is 0.843. The number of rotatable bonds is 6. The highest BCUT2D eigenvalue weighted by Gasteiger charge is 2.28. The molecule has 0 radical (unpaired) electrons. The Hall–Kier alpha value is -1.33. The third-order valence-corrected chi connectivity index (χ3v) is 5.39. The standard InChI is InChI=1S/C16H20ClN3OS/c17-14-8-7-11(22-14)4-1-2-9-18-16(21)12-5-3-6-13-15(12)20-10-19-13/h7-8,10,12H,1-6,9H2,(H,18,21)(H,19,20)/t12-/m0/s1. The van der Waals surface area contributed by atoms with Gasteiger partial charge in [-0.05, 0) is 50.7 Å². The van der Waals surface area contributed by atoms with Gasteiger partial charge < -0.3 is 10.3 Å². The lowest BCUT2D eigenvalue weighted by atomic mass is 9.89. The van der Waals surface area contributed by atoms with Crippen LogP contribution in [0.15, 0.2) is 18.5 Å². The summed E-state index contributed by atoms with van der Waals surface area (Å²) in [5.74, 6) is 0.0401. The van der Waals surface area contributed by atoms with Gasteiger partial charge in [-0.1, -0.05) is 11.6 Å². The SMILES string of the molecule is O=C(NCCCCc1ccc(Cl)s1)[C@H]1CCCc2[nH]cnc21. The first kappa shape index (κ1) is 15.6. The van der Waals surface area contributed by atoms with Crippen LogP contribution in [0.1, 0.15) is 47.9 Å². The van der Waals surface area contributed by atoms with E-state index in [9.17, 15) is 4.79 Å². The molecule has 1 amide bonds. The third-order valence-electron chi connectivity index (χ3n) is 4.10. The van der Waals surface area contributed by atoms with E-state index >= 15 is 0 Å². The van der Waals surface area contributed by atoms with Gasteiger partial charge in [0, 0.05) is 17.1 Å². The van der Waals surface area contributed by atoms with Crippen LogP contribution in [0.3, 0.4) is 0 Å². The first-order chi connectivity index (χ1) is 10.7. The normalized spacial score (nSPS) is 17.2. The van der Waals surface area contributed by atoms with Crippen molar-refractivity contribution < 1.29 is 4.79 Å². The van der Waals surface area contributed by atoms with Crippen molar-refractivity contribution in [3.05, 3.63) is 39.1 Å². The molecule has 1 aliphatic rings. The Bertz CT molecular complexity index is 637.